The average molecular weight is 216 g/mol. The summed E-state index contributed by atoms with van der Waals surface area (Å²) in [5.41, 5.74) is 8.55. The minimum Gasteiger partial charge on any atom is -0.476 e. The summed E-state index contributed by atoms with van der Waals surface area (Å²) in [5, 5.41) is 0. The monoisotopic (exact) mass is 216 g/mol. The fourth-order valence-corrected chi connectivity index (χ4v) is 2.36. The van der Waals surface area contributed by atoms with Gasteiger partial charge in [0, 0.05) is 17.5 Å². The molecule has 1 heterocycles. The van der Waals surface area contributed by atoms with Crippen molar-refractivity contribution in [1.29, 1.82) is 0 Å². The summed E-state index contributed by atoms with van der Waals surface area (Å²) in [7, 11) is 0. The number of aliphatic imine (C=N–C) groups is 1. The van der Waals surface area contributed by atoms with E-state index in [1.165, 1.54) is 18.4 Å². The fourth-order valence-electron chi connectivity index (χ4n) is 2.36. The van der Waals surface area contributed by atoms with Crippen molar-refractivity contribution < 1.29 is 4.74 Å². The van der Waals surface area contributed by atoms with Crippen molar-refractivity contribution in [3.63, 3.8) is 0 Å². The Hall–Kier alpha value is -1.35. The van der Waals surface area contributed by atoms with Gasteiger partial charge in [-0.15, -0.1) is 0 Å². The van der Waals surface area contributed by atoms with Crippen molar-refractivity contribution in [3.05, 3.63) is 35.4 Å². The summed E-state index contributed by atoms with van der Waals surface area (Å²) in [6.45, 7) is 2.20. The SMILES string of the molecule is NCC1(c2ccccc2C2=NCCO2)CC1. The highest BCUT2D eigenvalue weighted by Crippen LogP contribution is 2.48. The summed E-state index contributed by atoms with van der Waals surface area (Å²) >= 11 is 0. The summed E-state index contributed by atoms with van der Waals surface area (Å²) < 4.78 is 5.56. The second kappa shape index (κ2) is 3.59. The minimum atomic E-state index is 0.199. The Bertz CT molecular complexity index is 435. The van der Waals surface area contributed by atoms with Crippen LogP contribution in [0.3, 0.4) is 0 Å². The maximum Gasteiger partial charge on any atom is 0.216 e. The molecule has 2 N–H and O–H groups in total. The van der Waals surface area contributed by atoms with Gasteiger partial charge in [0.25, 0.3) is 0 Å². The van der Waals surface area contributed by atoms with E-state index < -0.39 is 0 Å². The molecular weight excluding hydrogens is 200 g/mol. The Kier molecular flexibility index (Phi) is 2.21. The first-order chi connectivity index (χ1) is 7.86. The standard InChI is InChI=1S/C13H16N2O/c14-9-13(5-6-13)11-4-2-1-3-10(11)12-15-7-8-16-12/h1-4H,5-9,14H2. The maximum absolute atomic E-state index is 5.89. The molecule has 1 aromatic rings. The van der Waals surface area contributed by atoms with Gasteiger partial charge >= 0.3 is 0 Å². The smallest absolute Gasteiger partial charge is 0.216 e. The molecule has 0 saturated heterocycles. The number of benzene rings is 1. The molecule has 3 heteroatoms. The van der Waals surface area contributed by atoms with E-state index in [1.54, 1.807) is 0 Å². The zero-order valence-electron chi connectivity index (χ0n) is 9.28. The van der Waals surface area contributed by atoms with Crippen LogP contribution in [0.1, 0.15) is 24.0 Å². The van der Waals surface area contributed by atoms with Crippen LogP contribution in [0.2, 0.25) is 0 Å². The predicted octanol–water partition coefficient (Wildman–Crippen LogP) is 1.45. The highest BCUT2D eigenvalue weighted by atomic mass is 16.5. The van der Waals surface area contributed by atoms with E-state index in [9.17, 15) is 0 Å². The van der Waals surface area contributed by atoms with E-state index in [4.69, 9.17) is 10.5 Å². The number of ether oxygens (including phenoxy) is 1. The first kappa shape index (κ1) is 9.85. The lowest BCUT2D eigenvalue weighted by atomic mass is 9.91. The number of nitrogens with zero attached hydrogens (tertiary/aromatic N) is 1. The molecule has 1 aliphatic heterocycles. The third-order valence-electron chi connectivity index (χ3n) is 3.56. The van der Waals surface area contributed by atoms with Crippen molar-refractivity contribution in [2.24, 2.45) is 10.7 Å². The van der Waals surface area contributed by atoms with Gasteiger partial charge in [-0.25, -0.2) is 4.99 Å². The van der Waals surface area contributed by atoms with Crippen LogP contribution in [-0.4, -0.2) is 25.6 Å². The molecule has 0 unspecified atom stereocenters. The number of hydrogen-bond acceptors (Lipinski definition) is 3. The van der Waals surface area contributed by atoms with Gasteiger partial charge in [0.2, 0.25) is 5.90 Å². The summed E-state index contributed by atoms with van der Waals surface area (Å²) in [5.74, 6) is 0.801. The Labute approximate surface area is 95.3 Å². The highest BCUT2D eigenvalue weighted by Gasteiger charge is 2.44. The Balaban J connectivity index is 2.04. The van der Waals surface area contributed by atoms with Crippen LogP contribution in [-0.2, 0) is 10.2 Å². The molecule has 1 aliphatic carbocycles. The Morgan fingerprint density at radius 2 is 2.12 bits per heavy atom. The van der Waals surface area contributed by atoms with Crippen molar-refractivity contribution in [3.8, 4) is 0 Å². The molecular formula is C13H16N2O. The van der Waals surface area contributed by atoms with Gasteiger partial charge in [-0.1, -0.05) is 18.2 Å². The lowest BCUT2D eigenvalue weighted by molar-refractivity contribution is 0.348. The van der Waals surface area contributed by atoms with Crippen LogP contribution < -0.4 is 5.73 Å². The molecule has 0 atom stereocenters. The molecule has 1 saturated carbocycles. The van der Waals surface area contributed by atoms with Gasteiger partial charge < -0.3 is 10.5 Å². The number of hydrogen-bond donors (Lipinski definition) is 1. The number of nitrogens with two attached hydrogens (primary N) is 1. The molecule has 0 radical (unpaired) electrons. The molecule has 0 amide bonds. The molecule has 1 fully saturated rings. The lowest BCUT2D eigenvalue weighted by Crippen LogP contribution is -2.22. The van der Waals surface area contributed by atoms with Crippen molar-refractivity contribution in [2.45, 2.75) is 18.3 Å². The van der Waals surface area contributed by atoms with Gasteiger partial charge in [-0.3, -0.25) is 0 Å². The van der Waals surface area contributed by atoms with Crippen molar-refractivity contribution in [1.82, 2.24) is 0 Å². The topological polar surface area (TPSA) is 47.6 Å². The van der Waals surface area contributed by atoms with Gasteiger partial charge in [0.1, 0.15) is 6.61 Å². The largest absolute Gasteiger partial charge is 0.476 e. The quantitative estimate of drug-likeness (QED) is 0.831. The third-order valence-corrected chi connectivity index (χ3v) is 3.56. The summed E-state index contributed by atoms with van der Waals surface area (Å²) in [6, 6.07) is 8.37. The molecule has 3 nitrogen and oxygen atoms in total. The van der Waals surface area contributed by atoms with E-state index in [2.05, 4.69) is 23.2 Å². The van der Waals surface area contributed by atoms with Crippen LogP contribution in [0.5, 0.6) is 0 Å². The first-order valence-electron chi connectivity index (χ1n) is 5.83. The van der Waals surface area contributed by atoms with Crippen molar-refractivity contribution in [2.75, 3.05) is 19.7 Å². The zero-order chi connectivity index (χ0) is 11.0. The molecule has 0 aromatic heterocycles. The number of rotatable bonds is 3. The van der Waals surface area contributed by atoms with E-state index in [1.807, 2.05) is 6.07 Å². The van der Waals surface area contributed by atoms with Gasteiger partial charge in [0.15, 0.2) is 0 Å². The second-order valence-corrected chi connectivity index (χ2v) is 4.57. The normalized spacial score (nSPS) is 21.4. The third kappa shape index (κ3) is 1.43. The van der Waals surface area contributed by atoms with Gasteiger partial charge in [-0.05, 0) is 24.5 Å². The van der Waals surface area contributed by atoms with Gasteiger partial charge in [-0.2, -0.15) is 0 Å². The maximum atomic E-state index is 5.89. The van der Waals surface area contributed by atoms with Crippen LogP contribution in [0.15, 0.2) is 29.3 Å². The summed E-state index contributed by atoms with van der Waals surface area (Å²) in [6.07, 6.45) is 2.38. The molecule has 84 valence electrons. The highest BCUT2D eigenvalue weighted by molar-refractivity contribution is 5.97. The van der Waals surface area contributed by atoms with Crippen LogP contribution in [0, 0.1) is 0 Å². The van der Waals surface area contributed by atoms with Crippen LogP contribution >= 0.6 is 0 Å². The van der Waals surface area contributed by atoms with Crippen LogP contribution in [0.4, 0.5) is 0 Å². The zero-order valence-corrected chi connectivity index (χ0v) is 9.28. The van der Waals surface area contributed by atoms with E-state index in [0.29, 0.717) is 6.61 Å². The van der Waals surface area contributed by atoms with Crippen molar-refractivity contribution >= 4 is 5.90 Å². The lowest BCUT2D eigenvalue weighted by Gasteiger charge is -2.17. The van der Waals surface area contributed by atoms with Gasteiger partial charge in [0.05, 0.1) is 6.54 Å². The molecule has 16 heavy (non-hydrogen) atoms. The second-order valence-electron chi connectivity index (χ2n) is 4.57. The van der Waals surface area contributed by atoms with Crippen LogP contribution in [0.25, 0.3) is 0 Å². The molecule has 1 aromatic carbocycles. The summed E-state index contributed by atoms with van der Waals surface area (Å²) in [4.78, 5) is 4.40. The van der Waals surface area contributed by atoms with E-state index >= 15 is 0 Å². The Morgan fingerprint density at radius 3 is 2.75 bits per heavy atom. The molecule has 2 aliphatic rings. The van der Waals surface area contributed by atoms with E-state index in [0.717, 1.165) is 24.6 Å². The minimum absolute atomic E-state index is 0.199. The fraction of sp³-hybridized carbons (Fsp3) is 0.462. The Morgan fingerprint density at radius 1 is 1.31 bits per heavy atom. The van der Waals surface area contributed by atoms with E-state index in [-0.39, 0.29) is 5.41 Å². The average Bonchev–Trinajstić information content (AvgIpc) is 2.95. The molecule has 3 rings (SSSR count). The predicted molar refractivity (Wildman–Crippen MR) is 63.8 cm³/mol. The molecule has 0 spiro atoms. The first-order valence-corrected chi connectivity index (χ1v) is 5.83. The molecule has 0 bridgehead atoms.